The maximum absolute atomic E-state index is 12.8. The first kappa shape index (κ1) is 18.4. The van der Waals surface area contributed by atoms with E-state index in [-0.39, 0.29) is 11.9 Å². The molecule has 146 valence electrons. The van der Waals surface area contributed by atoms with Crippen molar-refractivity contribution in [1.29, 1.82) is 0 Å². The summed E-state index contributed by atoms with van der Waals surface area (Å²) in [4.78, 5) is 24.4. The number of H-pyrrole nitrogens is 1. The summed E-state index contributed by atoms with van der Waals surface area (Å²) in [6, 6.07) is 4.91. The van der Waals surface area contributed by atoms with Crippen LogP contribution in [0.4, 0.5) is 11.5 Å². The molecule has 9 heteroatoms. The number of sulfonamides is 1. The molecule has 1 amide bonds. The fourth-order valence-electron chi connectivity index (χ4n) is 3.82. The number of aromatic amines is 1. The van der Waals surface area contributed by atoms with Crippen LogP contribution >= 0.6 is 0 Å². The minimum Gasteiger partial charge on any atom is -0.343 e. The predicted octanol–water partition coefficient (Wildman–Crippen LogP) is 2.54. The average Bonchev–Trinajstić information content (AvgIpc) is 3.10. The number of nitrogens with one attached hydrogen (secondary N) is 2. The van der Waals surface area contributed by atoms with Crippen LogP contribution in [0.1, 0.15) is 34.1 Å². The third-order valence-electron chi connectivity index (χ3n) is 5.17. The van der Waals surface area contributed by atoms with Crippen molar-refractivity contribution in [3.8, 4) is 0 Å². The lowest BCUT2D eigenvalue weighted by Gasteiger charge is -2.21. The molecule has 0 spiro atoms. The molecule has 1 unspecified atom stereocenters. The van der Waals surface area contributed by atoms with Gasteiger partial charge in [0.15, 0.2) is 0 Å². The van der Waals surface area contributed by atoms with Gasteiger partial charge in [-0.25, -0.2) is 18.4 Å². The van der Waals surface area contributed by atoms with Crippen LogP contribution in [0.2, 0.25) is 0 Å². The van der Waals surface area contributed by atoms with Crippen LogP contribution in [-0.2, 0) is 16.4 Å². The van der Waals surface area contributed by atoms with Gasteiger partial charge < -0.3 is 10.3 Å². The van der Waals surface area contributed by atoms with Gasteiger partial charge in [-0.05, 0) is 56.5 Å². The van der Waals surface area contributed by atoms with E-state index in [0.29, 0.717) is 29.1 Å². The van der Waals surface area contributed by atoms with E-state index >= 15 is 0 Å². The standard InChI is InChI=1S/C19H21N5O3S/c1-10-7-14-8-13(5-6-15(14)24(10)28(4,26)27)19(25)23-18-16-11(2)12(3)22-17(16)20-9-21-18/h5-6,8-10H,7H2,1-4H3,(H2,20,21,22,23,25). The Kier molecular flexibility index (Phi) is 4.15. The summed E-state index contributed by atoms with van der Waals surface area (Å²) in [6.45, 7) is 5.75. The highest BCUT2D eigenvalue weighted by molar-refractivity contribution is 7.92. The highest BCUT2D eigenvalue weighted by atomic mass is 32.2. The molecule has 8 nitrogen and oxygen atoms in total. The van der Waals surface area contributed by atoms with Gasteiger partial charge in [-0.2, -0.15) is 0 Å². The second kappa shape index (κ2) is 6.30. The molecule has 1 atom stereocenters. The third-order valence-corrected chi connectivity index (χ3v) is 6.45. The number of fused-ring (bicyclic) bond motifs is 2. The zero-order valence-corrected chi connectivity index (χ0v) is 16.9. The van der Waals surface area contributed by atoms with Gasteiger partial charge in [0.2, 0.25) is 10.0 Å². The second-order valence-corrected chi connectivity index (χ2v) is 9.09. The molecule has 3 aromatic rings. The predicted molar refractivity (Wildman–Crippen MR) is 108 cm³/mol. The first-order valence-electron chi connectivity index (χ1n) is 8.90. The number of nitrogens with zero attached hydrogens (tertiary/aromatic N) is 3. The maximum atomic E-state index is 12.8. The molecule has 2 aromatic heterocycles. The lowest BCUT2D eigenvalue weighted by molar-refractivity contribution is 0.102. The van der Waals surface area contributed by atoms with Crippen LogP contribution in [0.3, 0.4) is 0 Å². The summed E-state index contributed by atoms with van der Waals surface area (Å²) in [7, 11) is -3.36. The van der Waals surface area contributed by atoms with Crippen molar-refractivity contribution in [2.75, 3.05) is 15.9 Å². The number of carbonyl (C=O) groups excluding carboxylic acids is 1. The molecule has 28 heavy (non-hydrogen) atoms. The topological polar surface area (TPSA) is 108 Å². The Labute approximate surface area is 163 Å². The van der Waals surface area contributed by atoms with Crippen LogP contribution in [0.25, 0.3) is 11.0 Å². The van der Waals surface area contributed by atoms with E-state index in [2.05, 4.69) is 20.3 Å². The van der Waals surface area contributed by atoms with Crippen LogP contribution in [0.5, 0.6) is 0 Å². The van der Waals surface area contributed by atoms with Crippen LogP contribution < -0.4 is 9.62 Å². The van der Waals surface area contributed by atoms with E-state index in [1.54, 1.807) is 18.2 Å². The fraction of sp³-hybridized carbons (Fsp3) is 0.316. The number of anilines is 2. The van der Waals surface area contributed by atoms with Gasteiger partial charge in [-0.1, -0.05) is 0 Å². The van der Waals surface area contributed by atoms with Crippen LogP contribution in [0.15, 0.2) is 24.5 Å². The molecule has 0 aliphatic carbocycles. The smallest absolute Gasteiger partial charge is 0.256 e. The van der Waals surface area contributed by atoms with Crippen LogP contribution in [-0.4, -0.2) is 41.6 Å². The molecule has 0 radical (unpaired) electrons. The van der Waals surface area contributed by atoms with E-state index in [1.165, 1.54) is 16.9 Å². The third kappa shape index (κ3) is 2.91. The van der Waals surface area contributed by atoms with E-state index in [9.17, 15) is 13.2 Å². The number of hydrogen-bond acceptors (Lipinski definition) is 5. The first-order valence-corrected chi connectivity index (χ1v) is 10.7. The van der Waals surface area contributed by atoms with Crippen molar-refractivity contribution >= 4 is 38.5 Å². The second-order valence-electron chi connectivity index (χ2n) is 7.23. The average molecular weight is 399 g/mol. The summed E-state index contributed by atoms with van der Waals surface area (Å²) in [5.74, 6) is 0.148. The molecule has 1 aliphatic heterocycles. The highest BCUT2D eigenvalue weighted by Gasteiger charge is 2.32. The number of benzene rings is 1. The van der Waals surface area contributed by atoms with E-state index in [1.807, 2.05) is 20.8 Å². The van der Waals surface area contributed by atoms with Gasteiger partial charge in [0.1, 0.15) is 17.8 Å². The molecule has 2 N–H and O–H groups in total. The van der Waals surface area contributed by atoms with Crippen molar-refractivity contribution in [3.63, 3.8) is 0 Å². The molecule has 1 aromatic carbocycles. The highest BCUT2D eigenvalue weighted by Crippen LogP contribution is 2.35. The molecule has 0 bridgehead atoms. The summed E-state index contributed by atoms with van der Waals surface area (Å²) in [5.41, 5.74) is 4.56. The summed E-state index contributed by atoms with van der Waals surface area (Å²) < 4.78 is 25.5. The Morgan fingerprint density at radius 3 is 2.75 bits per heavy atom. The number of amides is 1. The zero-order valence-electron chi connectivity index (χ0n) is 16.1. The number of hydrogen-bond donors (Lipinski definition) is 2. The number of carbonyl (C=O) groups is 1. The minimum atomic E-state index is -3.36. The van der Waals surface area contributed by atoms with E-state index < -0.39 is 10.0 Å². The van der Waals surface area contributed by atoms with Gasteiger partial charge >= 0.3 is 0 Å². The van der Waals surface area contributed by atoms with Crippen LogP contribution in [0, 0.1) is 13.8 Å². The van der Waals surface area contributed by atoms with Gasteiger partial charge in [0.05, 0.1) is 17.3 Å². The zero-order chi connectivity index (χ0) is 20.2. The Morgan fingerprint density at radius 2 is 2.04 bits per heavy atom. The lowest BCUT2D eigenvalue weighted by atomic mass is 10.1. The number of aromatic nitrogens is 3. The van der Waals surface area contributed by atoms with Crippen molar-refractivity contribution in [2.24, 2.45) is 0 Å². The molecule has 4 rings (SSSR count). The lowest BCUT2D eigenvalue weighted by Crippen LogP contribution is -2.34. The molecule has 0 saturated heterocycles. The summed E-state index contributed by atoms with van der Waals surface area (Å²) in [6.07, 6.45) is 3.17. The minimum absolute atomic E-state index is 0.171. The quantitative estimate of drug-likeness (QED) is 0.704. The maximum Gasteiger partial charge on any atom is 0.256 e. The first-order chi connectivity index (χ1) is 13.2. The normalized spacial score (nSPS) is 16.4. The van der Waals surface area contributed by atoms with E-state index in [0.717, 1.165) is 22.2 Å². The van der Waals surface area contributed by atoms with E-state index in [4.69, 9.17) is 0 Å². The molecule has 0 fully saturated rings. The Bertz CT molecular complexity index is 1220. The number of rotatable bonds is 3. The summed E-state index contributed by atoms with van der Waals surface area (Å²) in [5, 5.41) is 3.64. The van der Waals surface area contributed by atoms with Gasteiger partial charge in [-0.15, -0.1) is 0 Å². The van der Waals surface area contributed by atoms with Crippen molar-refractivity contribution in [1.82, 2.24) is 15.0 Å². The molecular formula is C19H21N5O3S. The van der Waals surface area contributed by atoms with Gasteiger partial charge in [0.25, 0.3) is 5.91 Å². The van der Waals surface area contributed by atoms with Crippen molar-refractivity contribution in [2.45, 2.75) is 33.2 Å². The molecule has 3 heterocycles. The van der Waals surface area contributed by atoms with Crippen molar-refractivity contribution in [3.05, 3.63) is 46.9 Å². The van der Waals surface area contributed by atoms with Crippen molar-refractivity contribution < 1.29 is 13.2 Å². The monoisotopic (exact) mass is 399 g/mol. The molecule has 0 saturated carbocycles. The summed E-state index contributed by atoms with van der Waals surface area (Å²) >= 11 is 0. The Morgan fingerprint density at radius 1 is 1.29 bits per heavy atom. The van der Waals surface area contributed by atoms with Gasteiger partial charge in [0, 0.05) is 17.3 Å². The number of aryl methyl sites for hydroxylation is 2. The molecule has 1 aliphatic rings. The SMILES string of the molecule is Cc1[nH]c2ncnc(NC(=O)c3ccc4c(c3)CC(C)N4S(C)(=O)=O)c2c1C. The Balaban J connectivity index is 1.67. The van der Waals surface area contributed by atoms with Gasteiger partial charge in [-0.3, -0.25) is 9.10 Å². The largest absolute Gasteiger partial charge is 0.343 e. The molecular weight excluding hydrogens is 378 g/mol. The fourth-order valence-corrected chi connectivity index (χ4v) is 5.08. The Hall–Kier alpha value is -2.94.